The number of para-hydroxylation sites is 2. The lowest BCUT2D eigenvalue weighted by Gasteiger charge is -2.39. The molecule has 0 amide bonds. The first-order chi connectivity index (χ1) is 17.5. The van der Waals surface area contributed by atoms with Crippen LogP contribution in [0, 0.1) is 13.8 Å². The molecule has 0 heterocycles. The molecule has 2 heteroatoms. The molecule has 0 spiro atoms. The fourth-order valence-corrected chi connectivity index (χ4v) is 6.07. The highest BCUT2D eigenvalue weighted by atomic mass is 15.1. The zero-order valence-corrected chi connectivity index (χ0v) is 22.2. The Morgan fingerprint density at radius 1 is 0.500 bits per heavy atom. The Bertz CT molecular complexity index is 1200. The van der Waals surface area contributed by atoms with Crippen LogP contribution < -0.4 is 9.80 Å². The average molecular weight is 475 g/mol. The summed E-state index contributed by atoms with van der Waals surface area (Å²) in [6, 6.07) is 35.9. The van der Waals surface area contributed by atoms with Gasteiger partial charge < -0.3 is 9.80 Å². The smallest absolute Gasteiger partial charge is 0.0437 e. The van der Waals surface area contributed by atoms with Crippen molar-refractivity contribution in [2.75, 3.05) is 23.9 Å². The van der Waals surface area contributed by atoms with E-state index >= 15 is 0 Å². The first kappa shape index (κ1) is 24.2. The highest BCUT2D eigenvalue weighted by Gasteiger charge is 2.35. The SMILES string of the molecule is Cc1ccccc1N(C)c1ccc(C2(c3ccc(N(C)c4ccccc4C)cc3)CCCCC2)cc1. The molecule has 0 radical (unpaired) electrons. The molecule has 1 fully saturated rings. The maximum absolute atomic E-state index is 2.38. The summed E-state index contributed by atoms with van der Waals surface area (Å²) >= 11 is 0. The van der Waals surface area contributed by atoms with Gasteiger partial charge in [-0.05, 0) is 85.3 Å². The van der Waals surface area contributed by atoms with Crippen LogP contribution in [0.3, 0.4) is 0 Å². The second-order valence-corrected chi connectivity index (χ2v) is 10.4. The van der Waals surface area contributed by atoms with Crippen molar-refractivity contribution in [2.45, 2.75) is 51.4 Å². The van der Waals surface area contributed by atoms with Gasteiger partial charge in [-0.3, -0.25) is 0 Å². The van der Waals surface area contributed by atoms with Crippen molar-refractivity contribution in [1.29, 1.82) is 0 Å². The van der Waals surface area contributed by atoms with Crippen LogP contribution in [0.5, 0.6) is 0 Å². The minimum absolute atomic E-state index is 0.0950. The number of nitrogens with zero attached hydrogens (tertiary/aromatic N) is 2. The summed E-state index contributed by atoms with van der Waals surface area (Å²) in [6.45, 7) is 4.36. The number of rotatable bonds is 6. The molecule has 4 aromatic carbocycles. The number of aryl methyl sites for hydroxylation is 2. The molecule has 5 rings (SSSR count). The largest absolute Gasteiger partial charge is 0.344 e. The van der Waals surface area contributed by atoms with E-state index < -0.39 is 0 Å². The van der Waals surface area contributed by atoms with Gasteiger partial charge in [0.1, 0.15) is 0 Å². The molecule has 0 saturated heterocycles. The van der Waals surface area contributed by atoms with E-state index in [1.807, 2.05) is 0 Å². The fraction of sp³-hybridized carbons (Fsp3) is 0.294. The Labute approximate surface area is 217 Å². The maximum Gasteiger partial charge on any atom is 0.0437 e. The fourth-order valence-electron chi connectivity index (χ4n) is 6.07. The van der Waals surface area contributed by atoms with Gasteiger partial charge >= 0.3 is 0 Å². The third kappa shape index (κ3) is 4.53. The lowest BCUT2D eigenvalue weighted by molar-refractivity contribution is 0.346. The summed E-state index contributed by atoms with van der Waals surface area (Å²) in [5, 5.41) is 0. The monoisotopic (exact) mass is 474 g/mol. The molecule has 0 aromatic heterocycles. The molecule has 0 bridgehead atoms. The minimum atomic E-state index is 0.0950. The van der Waals surface area contributed by atoms with Gasteiger partial charge in [-0.25, -0.2) is 0 Å². The Morgan fingerprint density at radius 2 is 0.889 bits per heavy atom. The Kier molecular flexibility index (Phi) is 6.87. The van der Waals surface area contributed by atoms with Gasteiger partial charge in [0.05, 0.1) is 0 Å². The van der Waals surface area contributed by atoms with Gasteiger partial charge in [-0.2, -0.15) is 0 Å². The third-order valence-corrected chi connectivity index (χ3v) is 8.28. The van der Waals surface area contributed by atoms with Crippen LogP contribution in [0.2, 0.25) is 0 Å². The van der Waals surface area contributed by atoms with E-state index in [9.17, 15) is 0 Å². The summed E-state index contributed by atoms with van der Waals surface area (Å²) in [7, 11) is 4.33. The van der Waals surface area contributed by atoms with E-state index in [0.717, 1.165) is 0 Å². The second-order valence-electron chi connectivity index (χ2n) is 10.4. The molecule has 0 N–H and O–H groups in total. The topological polar surface area (TPSA) is 6.48 Å². The standard InChI is InChI=1S/C34H38N2/c1-26-12-6-8-14-32(26)35(3)30-20-16-28(17-21-30)34(24-10-5-11-25-34)29-18-22-31(23-19-29)36(4)33-15-9-7-13-27(33)2/h6-9,12-23H,5,10-11,24-25H2,1-4H3. The van der Waals surface area contributed by atoms with E-state index in [2.05, 4.69) is 135 Å². The van der Waals surface area contributed by atoms with Crippen molar-refractivity contribution >= 4 is 22.7 Å². The van der Waals surface area contributed by atoms with Crippen molar-refractivity contribution in [3.8, 4) is 0 Å². The normalized spacial score (nSPS) is 14.9. The van der Waals surface area contributed by atoms with E-state index in [0.29, 0.717) is 0 Å². The number of hydrogen-bond donors (Lipinski definition) is 0. The predicted octanol–water partition coefficient (Wildman–Crippen LogP) is 9.09. The maximum atomic E-state index is 2.38. The van der Waals surface area contributed by atoms with Crippen LogP contribution >= 0.6 is 0 Å². The molecule has 36 heavy (non-hydrogen) atoms. The molecule has 4 aromatic rings. The van der Waals surface area contributed by atoms with Crippen LogP contribution in [-0.2, 0) is 5.41 Å². The molecule has 0 unspecified atom stereocenters. The lowest BCUT2D eigenvalue weighted by Crippen LogP contribution is -2.30. The third-order valence-electron chi connectivity index (χ3n) is 8.28. The van der Waals surface area contributed by atoms with E-state index in [-0.39, 0.29) is 5.41 Å². The molecule has 1 aliphatic rings. The molecule has 2 nitrogen and oxygen atoms in total. The predicted molar refractivity (Wildman–Crippen MR) is 155 cm³/mol. The van der Waals surface area contributed by atoms with Gasteiger partial charge in [-0.1, -0.05) is 79.9 Å². The van der Waals surface area contributed by atoms with Crippen molar-refractivity contribution in [3.05, 3.63) is 119 Å². The van der Waals surface area contributed by atoms with Crippen molar-refractivity contribution in [2.24, 2.45) is 0 Å². The number of hydrogen-bond acceptors (Lipinski definition) is 2. The van der Waals surface area contributed by atoms with Crippen LogP contribution in [0.15, 0.2) is 97.1 Å². The summed E-state index contributed by atoms with van der Waals surface area (Å²) in [6.07, 6.45) is 6.34. The Morgan fingerprint density at radius 3 is 1.28 bits per heavy atom. The van der Waals surface area contributed by atoms with Crippen LogP contribution in [0.4, 0.5) is 22.7 Å². The van der Waals surface area contributed by atoms with Crippen LogP contribution in [-0.4, -0.2) is 14.1 Å². The Balaban J connectivity index is 1.45. The molecular formula is C34H38N2. The summed E-state index contributed by atoms with van der Waals surface area (Å²) in [5.41, 5.74) is 10.6. The highest BCUT2D eigenvalue weighted by molar-refractivity contribution is 5.67. The van der Waals surface area contributed by atoms with Gasteiger partial charge in [0.15, 0.2) is 0 Å². The van der Waals surface area contributed by atoms with E-state index in [1.54, 1.807) is 0 Å². The first-order valence-corrected chi connectivity index (χ1v) is 13.3. The van der Waals surface area contributed by atoms with Crippen LogP contribution in [0.1, 0.15) is 54.4 Å². The van der Waals surface area contributed by atoms with E-state index in [1.165, 1.54) is 77.1 Å². The molecule has 1 aliphatic carbocycles. The summed E-state index contributed by atoms with van der Waals surface area (Å²) in [5.74, 6) is 0. The van der Waals surface area contributed by atoms with E-state index in [4.69, 9.17) is 0 Å². The molecule has 0 aliphatic heterocycles. The molecular weight excluding hydrogens is 436 g/mol. The number of anilines is 4. The Hall–Kier alpha value is -3.52. The number of benzene rings is 4. The first-order valence-electron chi connectivity index (χ1n) is 13.3. The quantitative estimate of drug-likeness (QED) is 0.275. The molecule has 184 valence electrons. The lowest BCUT2D eigenvalue weighted by atomic mass is 9.65. The van der Waals surface area contributed by atoms with Gasteiger partial charge in [0.25, 0.3) is 0 Å². The average Bonchev–Trinajstić information content (AvgIpc) is 2.93. The van der Waals surface area contributed by atoms with Crippen LogP contribution in [0.25, 0.3) is 0 Å². The minimum Gasteiger partial charge on any atom is -0.344 e. The molecule has 1 saturated carbocycles. The van der Waals surface area contributed by atoms with Crippen molar-refractivity contribution in [3.63, 3.8) is 0 Å². The summed E-state index contributed by atoms with van der Waals surface area (Å²) < 4.78 is 0. The zero-order valence-electron chi connectivity index (χ0n) is 22.2. The van der Waals surface area contributed by atoms with Crippen molar-refractivity contribution in [1.82, 2.24) is 0 Å². The van der Waals surface area contributed by atoms with Crippen molar-refractivity contribution < 1.29 is 0 Å². The second kappa shape index (κ2) is 10.2. The van der Waals surface area contributed by atoms with Gasteiger partial charge in [0.2, 0.25) is 0 Å². The molecule has 0 atom stereocenters. The van der Waals surface area contributed by atoms with Gasteiger partial charge in [-0.15, -0.1) is 0 Å². The highest BCUT2D eigenvalue weighted by Crippen LogP contribution is 2.46. The summed E-state index contributed by atoms with van der Waals surface area (Å²) in [4.78, 5) is 4.59. The van der Waals surface area contributed by atoms with Gasteiger partial charge in [0, 0.05) is 42.3 Å². The zero-order chi connectivity index (χ0) is 25.1.